The molecular weight excluding hydrogens is 440 g/mol. The van der Waals surface area contributed by atoms with Crippen molar-refractivity contribution in [1.82, 2.24) is 10.2 Å². The van der Waals surface area contributed by atoms with Crippen molar-refractivity contribution in [2.75, 3.05) is 16.7 Å². The summed E-state index contributed by atoms with van der Waals surface area (Å²) in [5.41, 5.74) is 3.78. The Kier molecular flexibility index (Phi) is 5.97. The van der Waals surface area contributed by atoms with Crippen LogP contribution in [0.3, 0.4) is 0 Å². The van der Waals surface area contributed by atoms with Gasteiger partial charge in [0.15, 0.2) is 0 Å². The molecule has 8 nitrogen and oxygen atoms in total. The van der Waals surface area contributed by atoms with Crippen LogP contribution >= 0.6 is 0 Å². The van der Waals surface area contributed by atoms with Gasteiger partial charge in [0.2, 0.25) is 5.89 Å². The average molecular weight is 463 g/mol. The molecule has 1 N–H and O–H groups in total. The average Bonchev–Trinajstić information content (AvgIpc) is 3.29. The summed E-state index contributed by atoms with van der Waals surface area (Å²) in [6, 6.07) is 20.1. The molecule has 0 saturated heterocycles. The van der Waals surface area contributed by atoms with Gasteiger partial charge in [0.1, 0.15) is 0 Å². The molecule has 0 saturated carbocycles. The lowest BCUT2D eigenvalue weighted by atomic mass is 10.1. The predicted octanol–water partition coefficient (Wildman–Crippen LogP) is 4.43. The number of rotatable bonds is 6. The first-order valence-corrected chi connectivity index (χ1v) is 11.6. The highest BCUT2D eigenvalue weighted by Crippen LogP contribution is 2.24. The summed E-state index contributed by atoms with van der Waals surface area (Å²) in [6.45, 7) is 3.99. The first-order chi connectivity index (χ1) is 15.8. The van der Waals surface area contributed by atoms with Gasteiger partial charge in [-0.1, -0.05) is 29.4 Å². The number of nitrogens with one attached hydrogen (secondary N) is 1. The summed E-state index contributed by atoms with van der Waals surface area (Å²) < 4.78 is 32.5. The van der Waals surface area contributed by atoms with Crippen molar-refractivity contribution in [2.24, 2.45) is 0 Å². The van der Waals surface area contributed by atoms with Crippen molar-refractivity contribution in [3.8, 4) is 11.5 Å². The summed E-state index contributed by atoms with van der Waals surface area (Å²) >= 11 is 0. The molecule has 0 bridgehead atoms. The smallest absolute Gasteiger partial charge is 0.322 e. The van der Waals surface area contributed by atoms with Crippen LogP contribution in [0.2, 0.25) is 0 Å². The molecule has 0 aliphatic rings. The summed E-state index contributed by atoms with van der Waals surface area (Å²) in [4.78, 5) is 12.6. The van der Waals surface area contributed by atoms with Crippen molar-refractivity contribution in [2.45, 2.75) is 18.7 Å². The molecule has 1 aromatic heterocycles. The lowest BCUT2D eigenvalue weighted by Gasteiger charge is -2.19. The number of aryl methyl sites for hydroxylation is 2. The molecule has 1 heterocycles. The lowest BCUT2D eigenvalue weighted by molar-refractivity contribution is 0.102. The highest BCUT2D eigenvalue weighted by Gasteiger charge is 2.22. The Morgan fingerprint density at radius 1 is 0.909 bits per heavy atom. The van der Waals surface area contributed by atoms with Crippen molar-refractivity contribution in [1.29, 1.82) is 0 Å². The number of amides is 1. The van der Waals surface area contributed by atoms with Gasteiger partial charge in [0, 0.05) is 18.2 Å². The number of aromatic nitrogens is 2. The second-order valence-corrected chi connectivity index (χ2v) is 9.47. The number of nitrogens with zero attached hydrogens (tertiary/aromatic N) is 3. The van der Waals surface area contributed by atoms with Crippen LogP contribution in [0.5, 0.6) is 0 Å². The predicted molar refractivity (Wildman–Crippen MR) is 126 cm³/mol. The zero-order valence-corrected chi connectivity index (χ0v) is 19.1. The van der Waals surface area contributed by atoms with Crippen LogP contribution in [0.15, 0.2) is 82.1 Å². The van der Waals surface area contributed by atoms with E-state index in [1.54, 1.807) is 24.3 Å². The third kappa shape index (κ3) is 4.63. The van der Waals surface area contributed by atoms with E-state index in [1.165, 1.54) is 35.6 Å². The Hall–Kier alpha value is -3.98. The SMILES string of the molecule is Cc1ccc(-c2nnc(NC(=O)c3ccc(S(=O)(=O)N(C)c4ccccc4)cc3)o2)cc1C. The molecule has 9 heteroatoms. The number of carbonyl (C=O) groups excluding carboxylic acids is 1. The number of benzene rings is 3. The van der Waals surface area contributed by atoms with Gasteiger partial charge in [-0.15, -0.1) is 5.10 Å². The van der Waals surface area contributed by atoms with Crippen LogP contribution in [0.1, 0.15) is 21.5 Å². The van der Waals surface area contributed by atoms with Crippen LogP contribution < -0.4 is 9.62 Å². The largest absolute Gasteiger partial charge is 0.403 e. The fraction of sp³-hybridized carbons (Fsp3) is 0.125. The Morgan fingerprint density at radius 2 is 1.61 bits per heavy atom. The maximum absolute atomic E-state index is 12.9. The highest BCUT2D eigenvalue weighted by atomic mass is 32.2. The van der Waals surface area contributed by atoms with E-state index in [9.17, 15) is 13.2 Å². The van der Waals surface area contributed by atoms with Gasteiger partial charge in [-0.05, 0) is 73.5 Å². The number of carbonyl (C=O) groups is 1. The number of hydrogen-bond donors (Lipinski definition) is 1. The number of sulfonamides is 1. The molecule has 4 rings (SSSR count). The minimum absolute atomic E-state index is 0.0475. The van der Waals surface area contributed by atoms with Gasteiger partial charge in [0.05, 0.1) is 10.6 Å². The van der Waals surface area contributed by atoms with E-state index in [0.29, 0.717) is 11.6 Å². The highest BCUT2D eigenvalue weighted by molar-refractivity contribution is 7.92. The van der Waals surface area contributed by atoms with Crippen LogP contribution in [0.25, 0.3) is 11.5 Å². The maximum atomic E-state index is 12.9. The van der Waals surface area contributed by atoms with Crippen LogP contribution in [0.4, 0.5) is 11.7 Å². The number of anilines is 2. The van der Waals surface area contributed by atoms with Gasteiger partial charge in [-0.25, -0.2) is 8.42 Å². The maximum Gasteiger partial charge on any atom is 0.322 e. The molecule has 3 aromatic carbocycles. The Morgan fingerprint density at radius 3 is 2.27 bits per heavy atom. The first kappa shape index (κ1) is 22.2. The first-order valence-electron chi connectivity index (χ1n) is 10.1. The fourth-order valence-electron chi connectivity index (χ4n) is 3.15. The van der Waals surface area contributed by atoms with Gasteiger partial charge >= 0.3 is 6.01 Å². The van der Waals surface area contributed by atoms with Gasteiger partial charge in [0.25, 0.3) is 15.9 Å². The Bertz CT molecular complexity index is 1400. The molecule has 0 fully saturated rings. The van der Waals surface area contributed by atoms with Gasteiger partial charge in [-0.2, -0.15) is 0 Å². The third-order valence-electron chi connectivity index (χ3n) is 5.29. The standard InChI is InChI=1S/C24H22N4O4S/c1-16-9-10-19(15-17(16)2)23-26-27-24(32-23)25-22(29)18-11-13-21(14-12-18)33(30,31)28(3)20-7-5-4-6-8-20/h4-15H,1-3H3,(H,25,27,29). The molecular formula is C24H22N4O4S. The molecule has 0 unspecified atom stereocenters. The molecule has 0 aliphatic carbocycles. The minimum Gasteiger partial charge on any atom is -0.403 e. The quantitative estimate of drug-likeness (QED) is 0.454. The normalized spacial score (nSPS) is 11.2. The molecule has 1 amide bonds. The minimum atomic E-state index is -3.77. The molecule has 168 valence electrons. The van der Waals surface area contributed by atoms with Crippen molar-refractivity contribution < 1.29 is 17.6 Å². The van der Waals surface area contributed by atoms with Gasteiger partial charge in [-0.3, -0.25) is 14.4 Å². The summed E-state index contributed by atoms with van der Waals surface area (Å²) in [5.74, 6) is -0.204. The Balaban J connectivity index is 1.48. The molecule has 0 atom stereocenters. The molecule has 0 aliphatic heterocycles. The monoisotopic (exact) mass is 462 g/mol. The molecule has 0 radical (unpaired) electrons. The zero-order chi connectivity index (χ0) is 23.6. The Labute approximate surface area is 191 Å². The second-order valence-electron chi connectivity index (χ2n) is 7.50. The van der Waals surface area contributed by atoms with Crippen molar-refractivity contribution in [3.05, 3.63) is 89.5 Å². The topological polar surface area (TPSA) is 105 Å². The third-order valence-corrected chi connectivity index (χ3v) is 7.09. The van der Waals surface area contributed by atoms with Gasteiger partial charge < -0.3 is 4.42 Å². The number of para-hydroxylation sites is 1. The van der Waals surface area contributed by atoms with Crippen LogP contribution in [-0.2, 0) is 10.0 Å². The molecule has 4 aromatic rings. The lowest BCUT2D eigenvalue weighted by Crippen LogP contribution is -2.26. The summed E-state index contributed by atoms with van der Waals surface area (Å²) in [7, 11) is -2.29. The second kappa shape index (κ2) is 8.87. The van der Waals surface area contributed by atoms with Crippen molar-refractivity contribution in [3.63, 3.8) is 0 Å². The van der Waals surface area contributed by atoms with E-state index >= 15 is 0 Å². The van der Waals surface area contributed by atoms with Crippen LogP contribution in [-0.4, -0.2) is 31.6 Å². The zero-order valence-electron chi connectivity index (χ0n) is 18.3. The van der Waals surface area contributed by atoms with Crippen molar-refractivity contribution >= 4 is 27.6 Å². The summed E-state index contributed by atoms with van der Waals surface area (Å²) in [6.07, 6.45) is 0. The fourth-order valence-corrected chi connectivity index (χ4v) is 4.34. The van der Waals surface area contributed by atoms with Crippen LogP contribution in [0, 0.1) is 13.8 Å². The summed E-state index contributed by atoms with van der Waals surface area (Å²) in [5, 5.41) is 10.4. The van der Waals surface area contributed by atoms with E-state index in [2.05, 4.69) is 15.5 Å². The van der Waals surface area contributed by atoms with E-state index in [4.69, 9.17) is 4.42 Å². The van der Waals surface area contributed by atoms with E-state index in [1.807, 2.05) is 38.1 Å². The molecule has 33 heavy (non-hydrogen) atoms. The van der Waals surface area contributed by atoms with E-state index < -0.39 is 15.9 Å². The van der Waals surface area contributed by atoms with E-state index in [-0.39, 0.29) is 16.5 Å². The molecule has 0 spiro atoms. The number of hydrogen-bond acceptors (Lipinski definition) is 6. The van der Waals surface area contributed by atoms with E-state index in [0.717, 1.165) is 16.7 Å².